The van der Waals surface area contributed by atoms with Crippen molar-refractivity contribution >= 4 is 34.7 Å². The average molecular weight is 530 g/mol. The second kappa shape index (κ2) is 10.4. The van der Waals surface area contributed by atoms with Gasteiger partial charge in [0.25, 0.3) is 11.7 Å². The van der Waals surface area contributed by atoms with Crippen molar-refractivity contribution in [2.45, 2.75) is 6.04 Å². The molecule has 8 heteroatoms. The van der Waals surface area contributed by atoms with E-state index in [-0.39, 0.29) is 22.6 Å². The number of hydrogen-bond acceptors (Lipinski definition) is 5. The minimum atomic E-state index is -1.07. The van der Waals surface area contributed by atoms with Crippen LogP contribution in [0, 0.1) is 5.82 Å². The van der Waals surface area contributed by atoms with E-state index in [2.05, 4.69) is 0 Å². The molecule has 1 fully saturated rings. The fourth-order valence-corrected chi connectivity index (χ4v) is 4.57. The van der Waals surface area contributed by atoms with Crippen molar-refractivity contribution < 1.29 is 28.6 Å². The van der Waals surface area contributed by atoms with Crippen molar-refractivity contribution in [1.29, 1.82) is 0 Å². The van der Waals surface area contributed by atoms with Crippen molar-refractivity contribution in [3.8, 4) is 17.2 Å². The van der Waals surface area contributed by atoms with Gasteiger partial charge in [0.15, 0.2) is 0 Å². The molecule has 1 aliphatic heterocycles. The number of anilines is 1. The number of aliphatic hydroxyl groups excluding tert-OH is 1. The molecule has 1 aliphatic rings. The summed E-state index contributed by atoms with van der Waals surface area (Å²) in [5.74, 6) is -1.49. The van der Waals surface area contributed by atoms with Crippen LogP contribution in [0.4, 0.5) is 10.1 Å². The van der Waals surface area contributed by atoms with Crippen LogP contribution in [0.1, 0.15) is 17.2 Å². The number of benzene rings is 4. The van der Waals surface area contributed by atoms with E-state index >= 15 is 0 Å². The predicted octanol–water partition coefficient (Wildman–Crippen LogP) is 6.91. The van der Waals surface area contributed by atoms with Crippen LogP contribution < -0.4 is 14.4 Å². The molecule has 1 amide bonds. The molecule has 0 bridgehead atoms. The number of aliphatic hydroxyl groups is 1. The van der Waals surface area contributed by atoms with Crippen molar-refractivity contribution in [2.75, 3.05) is 12.0 Å². The first kappa shape index (κ1) is 25.0. The molecule has 1 atom stereocenters. The second-order valence-corrected chi connectivity index (χ2v) is 8.89. The Morgan fingerprint density at radius 1 is 0.895 bits per heavy atom. The number of halogens is 2. The van der Waals surface area contributed by atoms with Crippen molar-refractivity contribution in [2.24, 2.45) is 0 Å². The van der Waals surface area contributed by atoms with Gasteiger partial charge in [-0.25, -0.2) is 4.39 Å². The van der Waals surface area contributed by atoms with E-state index < -0.39 is 29.3 Å². The van der Waals surface area contributed by atoms with Crippen LogP contribution in [0.15, 0.2) is 103 Å². The van der Waals surface area contributed by atoms with E-state index in [0.29, 0.717) is 22.1 Å². The summed E-state index contributed by atoms with van der Waals surface area (Å²) in [4.78, 5) is 27.9. The molecule has 4 aromatic carbocycles. The van der Waals surface area contributed by atoms with E-state index in [4.69, 9.17) is 21.1 Å². The summed E-state index contributed by atoms with van der Waals surface area (Å²) in [5, 5.41) is 11.7. The first-order chi connectivity index (χ1) is 18.4. The number of rotatable bonds is 6. The molecule has 0 spiro atoms. The Morgan fingerprint density at radius 3 is 2.37 bits per heavy atom. The van der Waals surface area contributed by atoms with Crippen LogP contribution in [0.5, 0.6) is 17.2 Å². The third kappa shape index (κ3) is 4.71. The highest BCUT2D eigenvalue weighted by atomic mass is 35.5. The SMILES string of the molecule is COc1cc(/C(O)=C2\C(=O)C(=O)N(c3cccc(F)c3)C2c2cccc(Oc3ccccc3)c2)ccc1Cl. The second-order valence-electron chi connectivity index (χ2n) is 8.49. The van der Waals surface area contributed by atoms with Crippen molar-refractivity contribution in [1.82, 2.24) is 0 Å². The number of carbonyl (C=O) groups is 2. The summed E-state index contributed by atoms with van der Waals surface area (Å²) in [7, 11) is 1.42. The van der Waals surface area contributed by atoms with E-state index in [1.54, 1.807) is 36.4 Å². The zero-order valence-corrected chi connectivity index (χ0v) is 20.9. The standard InChI is InChI=1S/C30H21ClFNO5/c1-37-25-16-19(13-14-24(25)31)28(34)26-27(33(30(36)29(26)35)21-9-6-8-20(32)17-21)18-7-5-12-23(15-18)38-22-10-3-2-4-11-22/h2-17,27,34H,1H3/b28-26+. The van der Waals surface area contributed by atoms with Gasteiger partial charge in [-0.05, 0) is 66.2 Å². The molecule has 1 heterocycles. The minimum Gasteiger partial charge on any atom is -0.507 e. The van der Waals surface area contributed by atoms with E-state index in [0.717, 1.165) is 6.07 Å². The molecule has 1 saturated heterocycles. The molecule has 4 aromatic rings. The number of nitrogens with zero attached hydrogens (tertiary/aromatic N) is 1. The number of para-hydroxylation sites is 1. The van der Waals surface area contributed by atoms with Gasteiger partial charge in [0.05, 0.1) is 23.7 Å². The third-order valence-electron chi connectivity index (χ3n) is 6.11. The molecule has 5 rings (SSSR count). The Bertz CT molecular complexity index is 1570. The highest BCUT2D eigenvalue weighted by Gasteiger charge is 2.47. The molecule has 38 heavy (non-hydrogen) atoms. The lowest BCUT2D eigenvalue weighted by Crippen LogP contribution is -2.29. The number of hydrogen-bond donors (Lipinski definition) is 1. The first-order valence-electron chi connectivity index (χ1n) is 11.6. The van der Waals surface area contributed by atoms with E-state index in [1.165, 1.54) is 48.4 Å². The van der Waals surface area contributed by atoms with Gasteiger partial charge in [0.2, 0.25) is 0 Å². The Morgan fingerprint density at radius 2 is 1.63 bits per heavy atom. The molecule has 1 unspecified atom stereocenters. The van der Waals surface area contributed by atoms with Crippen LogP contribution in [-0.2, 0) is 9.59 Å². The quantitative estimate of drug-likeness (QED) is 0.167. The predicted molar refractivity (Wildman–Crippen MR) is 142 cm³/mol. The van der Waals surface area contributed by atoms with Crippen LogP contribution >= 0.6 is 11.6 Å². The maximum Gasteiger partial charge on any atom is 0.300 e. The fraction of sp³-hybridized carbons (Fsp3) is 0.0667. The van der Waals surface area contributed by atoms with Crippen molar-refractivity contribution in [3.05, 3.63) is 125 Å². The fourth-order valence-electron chi connectivity index (χ4n) is 4.38. The van der Waals surface area contributed by atoms with Gasteiger partial charge in [0, 0.05) is 11.3 Å². The minimum absolute atomic E-state index is 0.166. The number of methoxy groups -OCH3 is 1. The van der Waals surface area contributed by atoms with Crippen LogP contribution in [-0.4, -0.2) is 23.9 Å². The smallest absolute Gasteiger partial charge is 0.300 e. The monoisotopic (exact) mass is 529 g/mol. The summed E-state index contributed by atoms with van der Waals surface area (Å²) in [5.41, 5.74) is 0.703. The summed E-state index contributed by atoms with van der Waals surface area (Å²) < 4.78 is 25.4. The van der Waals surface area contributed by atoms with Gasteiger partial charge in [-0.2, -0.15) is 0 Å². The maximum absolute atomic E-state index is 14.2. The normalized spacial score (nSPS) is 16.5. The van der Waals surface area contributed by atoms with Gasteiger partial charge in [-0.1, -0.05) is 48.0 Å². The topological polar surface area (TPSA) is 76.1 Å². The molecule has 0 aromatic heterocycles. The van der Waals surface area contributed by atoms with Crippen LogP contribution in [0.25, 0.3) is 5.76 Å². The summed E-state index contributed by atoms with van der Waals surface area (Å²) in [6.45, 7) is 0. The van der Waals surface area contributed by atoms with Crippen LogP contribution in [0.3, 0.4) is 0 Å². The largest absolute Gasteiger partial charge is 0.507 e. The maximum atomic E-state index is 14.2. The van der Waals surface area contributed by atoms with Gasteiger partial charge >= 0.3 is 0 Å². The zero-order valence-electron chi connectivity index (χ0n) is 20.1. The summed E-state index contributed by atoms with van der Waals surface area (Å²) >= 11 is 6.14. The average Bonchev–Trinajstić information content (AvgIpc) is 3.19. The number of ether oxygens (including phenoxy) is 2. The summed E-state index contributed by atoms with van der Waals surface area (Å²) in [6.07, 6.45) is 0. The Kier molecular flexibility index (Phi) is 6.85. The molecular formula is C30H21ClFNO5. The Labute approximate surface area is 223 Å². The molecule has 0 saturated carbocycles. The Balaban J connectivity index is 1.68. The number of Topliss-reactive ketones (excluding diaryl/α,β-unsaturated/α-hetero) is 1. The molecule has 0 aliphatic carbocycles. The summed E-state index contributed by atoms with van der Waals surface area (Å²) in [6, 6.07) is 24.7. The highest BCUT2D eigenvalue weighted by Crippen LogP contribution is 2.43. The van der Waals surface area contributed by atoms with E-state index in [9.17, 15) is 19.1 Å². The van der Waals surface area contributed by atoms with E-state index in [1.807, 2.05) is 18.2 Å². The lowest BCUT2D eigenvalue weighted by atomic mass is 9.95. The van der Waals surface area contributed by atoms with Gasteiger partial charge in [-0.3, -0.25) is 14.5 Å². The molecule has 6 nitrogen and oxygen atoms in total. The number of carbonyl (C=O) groups excluding carboxylic acids is 2. The van der Waals surface area contributed by atoms with Crippen LogP contribution in [0.2, 0.25) is 5.02 Å². The zero-order chi connectivity index (χ0) is 26.8. The molecule has 190 valence electrons. The molecular weight excluding hydrogens is 509 g/mol. The lowest BCUT2D eigenvalue weighted by molar-refractivity contribution is -0.132. The molecule has 1 N–H and O–H groups in total. The number of amides is 1. The highest BCUT2D eigenvalue weighted by molar-refractivity contribution is 6.51. The molecule has 0 radical (unpaired) electrons. The number of ketones is 1. The van der Waals surface area contributed by atoms with Gasteiger partial charge < -0.3 is 14.6 Å². The lowest BCUT2D eigenvalue weighted by Gasteiger charge is -2.26. The first-order valence-corrected chi connectivity index (χ1v) is 12.0. The van der Waals surface area contributed by atoms with Crippen molar-refractivity contribution in [3.63, 3.8) is 0 Å². The third-order valence-corrected chi connectivity index (χ3v) is 6.42. The van der Waals surface area contributed by atoms with Gasteiger partial charge in [-0.15, -0.1) is 0 Å². The van der Waals surface area contributed by atoms with Gasteiger partial charge in [0.1, 0.15) is 28.8 Å². The Hall–Kier alpha value is -4.62.